The number of carboxylic acids is 1. The van der Waals surface area contributed by atoms with Crippen molar-refractivity contribution in [2.75, 3.05) is 12.3 Å². The van der Waals surface area contributed by atoms with Crippen LogP contribution < -0.4 is 5.73 Å². The number of benzene rings is 1. The molecule has 1 atom stereocenters. The lowest BCUT2D eigenvalue weighted by atomic mass is 10.1. The van der Waals surface area contributed by atoms with Crippen LogP contribution in [0.2, 0.25) is 0 Å². The second-order valence-electron chi connectivity index (χ2n) is 4.16. The number of aliphatic carboxylic acids is 1. The average molecular weight is 250 g/mol. The summed E-state index contributed by atoms with van der Waals surface area (Å²) in [5, 5.41) is 8.76. The first-order chi connectivity index (χ1) is 8.45. The van der Waals surface area contributed by atoms with Crippen molar-refractivity contribution < 1.29 is 14.7 Å². The van der Waals surface area contributed by atoms with Crippen molar-refractivity contribution in [3.05, 3.63) is 29.8 Å². The first-order valence-corrected chi connectivity index (χ1v) is 5.84. The van der Waals surface area contributed by atoms with Crippen LogP contribution in [-0.2, 0) is 4.79 Å². The molecule has 0 aliphatic carbocycles. The van der Waals surface area contributed by atoms with E-state index in [9.17, 15) is 9.59 Å². The molecule has 5 nitrogen and oxygen atoms in total. The van der Waals surface area contributed by atoms with Crippen LogP contribution >= 0.6 is 0 Å². The van der Waals surface area contributed by atoms with Crippen molar-refractivity contribution in [2.45, 2.75) is 26.3 Å². The third-order valence-corrected chi connectivity index (χ3v) is 2.76. The molecule has 3 N–H and O–H groups in total. The smallest absolute Gasteiger partial charge is 0.305 e. The summed E-state index contributed by atoms with van der Waals surface area (Å²) in [4.78, 5) is 24.4. The van der Waals surface area contributed by atoms with Crippen molar-refractivity contribution in [3.63, 3.8) is 0 Å². The van der Waals surface area contributed by atoms with Crippen LogP contribution in [0.3, 0.4) is 0 Å². The van der Waals surface area contributed by atoms with Crippen molar-refractivity contribution in [2.24, 2.45) is 0 Å². The molecule has 0 aliphatic rings. The summed E-state index contributed by atoms with van der Waals surface area (Å²) in [7, 11) is 0. The van der Waals surface area contributed by atoms with Gasteiger partial charge in [-0.3, -0.25) is 9.59 Å². The average Bonchev–Trinajstić information content (AvgIpc) is 2.29. The Balaban J connectivity index is 2.85. The molecular formula is C13H18N2O3. The number of nitrogens with zero attached hydrogens (tertiary/aromatic N) is 1. The van der Waals surface area contributed by atoms with Gasteiger partial charge < -0.3 is 15.7 Å². The standard InChI is InChI=1S/C13H18N2O3/c1-3-15(9(2)8-12(16)17)13(18)10-4-6-11(14)7-5-10/h4-7,9H,3,8,14H2,1-2H3,(H,16,17). The minimum Gasteiger partial charge on any atom is -0.481 e. The number of carboxylic acid groups (broad SMARTS) is 1. The summed E-state index contributed by atoms with van der Waals surface area (Å²) in [5.41, 5.74) is 6.67. The van der Waals surface area contributed by atoms with Crippen LogP contribution in [0.1, 0.15) is 30.6 Å². The maximum absolute atomic E-state index is 12.2. The van der Waals surface area contributed by atoms with Crippen molar-refractivity contribution >= 4 is 17.6 Å². The summed E-state index contributed by atoms with van der Waals surface area (Å²) < 4.78 is 0. The normalized spacial score (nSPS) is 11.9. The topological polar surface area (TPSA) is 83.6 Å². The van der Waals surface area contributed by atoms with Gasteiger partial charge in [0.1, 0.15) is 0 Å². The number of nitrogen functional groups attached to an aromatic ring is 1. The van der Waals surface area contributed by atoms with E-state index in [1.165, 1.54) is 0 Å². The molecule has 5 heteroatoms. The number of rotatable bonds is 5. The first kappa shape index (κ1) is 14.0. The third-order valence-electron chi connectivity index (χ3n) is 2.76. The van der Waals surface area contributed by atoms with E-state index in [1.54, 1.807) is 36.1 Å². The monoisotopic (exact) mass is 250 g/mol. The van der Waals surface area contributed by atoms with Crippen LogP contribution in [-0.4, -0.2) is 34.5 Å². The van der Waals surface area contributed by atoms with E-state index in [-0.39, 0.29) is 18.4 Å². The molecule has 1 aromatic carbocycles. The Morgan fingerprint density at radius 1 is 1.33 bits per heavy atom. The molecule has 1 aromatic rings. The molecule has 1 amide bonds. The highest BCUT2D eigenvalue weighted by Crippen LogP contribution is 2.12. The van der Waals surface area contributed by atoms with Crippen molar-refractivity contribution in [1.82, 2.24) is 4.90 Å². The number of hydrogen-bond acceptors (Lipinski definition) is 3. The molecule has 98 valence electrons. The van der Waals surface area contributed by atoms with Crippen LogP contribution in [0.4, 0.5) is 5.69 Å². The summed E-state index contributed by atoms with van der Waals surface area (Å²) in [5.74, 6) is -1.09. The van der Waals surface area contributed by atoms with Crippen molar-refractivity contribution in [1.29, 1.82) is 0 Å². The van der Waals surface area contributed by atoms with E-state index in [1.807, 2.05) is 6.92 Å². The zero-order valence-corrected chi connectivity index (χ0v) is 10.6. The molecular weight excluding hydrogens is 232 g/mol. The number of hydrogen-bond donors (Lipinski definition) is 2. The molecule has 1 rings (SSSR count). The Morgan fingerprint density at radius 3 is 2.33 bits per heavy atom. The fourth-order valence-corrected chi connectivity index (χ4v) is 1.81. The molecule has 0 saturated heterocycles. The number of amides is 1. The number of nitrogens with two attached hydrogens (primary N) is 1. The van der Waals surface area contributed by atoms with E-state index in [0.717, 1.165) is 0 Å². The molecule has 0 spiro atoms. The maximum atomic E-state index is 12.2. The van der Waals surface area contributed by atoms with Crippen molar-refractivity contribution in [3.8, 4) is 0 Å². The van der Waals surface area contributed by atoms with Gasteiger partial charge in [0.05, 0.1) is 6.42 Å². The first-order valence-electron chi connectivity index (χ1n) is 5.84. The molecule has 0 saturated carbocycles. The molecule has 0 aliphatic heterocycles. The fourth-order valence-electron chi connectivity index (χ4n) is 1.81. The van der Waals surface area contributed by atoms with Gasteiger partial charge in [0, 0.05) is 23.8 Å². The molecule has 0 bridgehead atoms. The lowest BCUT2D eigenvalue weighted by Gasteiger charge is -2.27. The van der Waals surface area contributed by atoms with E-state index in [0.29, 0.717) is 17.8 Å². The predicted molar refractivity (Wildman–Crippen MR) is 69.3 cm³/mol. The minimum absolute atomic E-state index is 0.0610. The van der Waals surface area contributed by atoms with Gasteiger partial charge >= 0.3 is 5.97 Å². The molecule has 18 heavy (non-hydrogen) atoms. The maximum Gasteiger partial charge on any atom is 0.305 e. The Labute approximate surface area is 106 Å². The molecule has 0 fully saturated rings. The molecule has 0 radical (unpaired) electrons. The highest BCUT2D eigenvalue weighted by molar-refractivity contribution is 5.94. The van der Waals surface area contributed by atoms with Gasteiger partial charge in [-0.15, -0.1) is 0 Å². The second kappa shape index (κ2) is 6.05. The zero-order chi connectivity index (χ0) is 13.7. The Bertz CT molecular complexity index is 428. The summed E-state index contributed by atoms with van der Waals surface area (Å²) in [6.07, 6.45) is -0.0610. The van der Waals surface area contributed by atoms with Crippen LogP contribution in [0.25, 0.3) is 0 Å². The number of carbonyl (C=O) groups excluding carboxylic acids is 1. The highest BCUT2D eigenvalue weighted by Gasteiger charge is 2.21. The van der Waals surface area contributed by atoms with Gasteiger partial charge in [-0.1, -0.05) is 0 Å². The lowest BCUT2D eigenvalue weighted by Crippen LogP contribution is -2.39. The quantitative estimate of drug-likeness (QED) is 0.777. The number of anilines is 1. The van der Waals surface area contributed by atoms with Crippen LogP contribution in [0.5, 0.6) is 0 Å². The summed E-state index contributed by atoms with van der Waals surface area (Å²) in [6, 6.07) is 6.27. The second-order valence-corrected chi connectivity index (χ2v) is 4.16. The SMILES string of the molecule is CCN(C(=O)c1ccc(N)cc1)C(C)CC(=O)O. The van der Waals surface area contributed by atoms with Gasteiger partial charge in [-0.2, -0.15) is 0 Å². The highest BCUT2D eigenvalue weighted by atomic mass is 16.4. The van der Waals surface area contributed by atoms with Crippen LogP contribution in [0.15, 0.2) is 24.3 Å². The Kier molecular flexibility index (Phi) is 4.71. The molecule has 0 heterocycles. The van der Waals surface area contributed by atoms with E-state index < -0.39 is 5.97 Å². The lowest BCUT2D eigenvalue weighted by molar-refractivity contribution is -0.138. The largest absolute Gasteiger partial charge is 0.481 e. The number of carbonyl (C=O) groups is 2. The van der Waals surface area contributed by atoms with Gasteiger partial charge in [-0.05, 0) is 38.1 Å². The Morgan fingerprint density at radius 2 is 1.89 bits per heavy atom. The molecule has 0 aromatic heterocycles. The van der Waals surface area contributed by atoms with Gasteiger partial charge in [0.2, 0.25) is 0 Å². The van der Waals surface area contributed by atoms with E-state index in [4.69, 9.17) is 10.8 Å². The zero-order valence-electron chi connectivity index (χ0n) is 10.6. The summed E-state index contributed by atoms with van der Waals surface area (Å²) in [6.45, 7) is 4.03. The van der Waals surface area contributed by atoms with Gasteiger partial charge in [0.25, 0.3) is 5.91 Å². The van der Waals surface area contributed by atoms with E-state index >= 15 is 0 Å². The summed E-state index contributed by atoms with van der Waals surface area (Å²) >= 11 is 0. The minimum atomic E-state index is -0.911. The molecule has 1 unspecified atom stereocenters. The van der Waals surface area contributed by atoms with Gasteiger partial charge in [-0.25, -0.2) is 0 Å². The third kappa shape index (κ3) is 3.48. The van der Waals surface area contributed by atoms with E-state index in [2.05, 4.69) is 0 Å². The van der Waals surface area contributed by atoms with Crippen LogP contribution in [0, 0.1) is 0 Å². The predicted octanol–water partition coefficient (Wildman–Crippen LogP) is 1.59. The Hall–Kier alpha value is -2.04. The van der Waals surface area contributed by atoms with Gasteiger partial charge in [0.15, 0.2) is 0 Å². The fraction of sp³-hybridized carbons (Fsp3) is 0.385.